The quantitative estimate of drug-likeness (QED) is 0.850. The van der Waals surface area contributed by atoms with E-state index in [9.17, 15) is 4.79 Å². The van der Waals surface area contributed by atoms with Crippen molar-refractivity contribution in [3.8, 4) is 0 Å². The molecule has 2 aromatic rings. The van der Waals surface area contributed by atoms with Crippen LogP contribution in [0.3, 0.4) is 0 Å². The molecule has 1 aromatic carbocycles. The predicted molar refractivity (Wildman–Crippen MR) is 84.1 cm³/mol. The van der Waals surface area contributed by atoms with Crippen molar-refractivity contribution < 1.29 is 4.79 Å². The van der Waals surface area contributed by atoms with Crippen molar-refractivity contribution in [3.05, 3.63) is 65.4 Å². The Kier molecular flexibility index (Phi) is 3.65. The van der Waals surface area contributed by atoms with Crippen LogP contribution in [0.4, 0.5) is 5.82 Å². The van der Waals surface area contributed by atoms with Gasteiger partial charge in [-0.05, 0) is 35.8 Å². The molecule has 20 heavy (non-hydrogen) atoms. The number of anilines is 1. The van der Waals surface area contributed by atoms with Crippen LogP contribution >= 0.6 is 15.9 Å². The second-order valence-electron chi connectivity index (χ2n) is 4.49. The van der Waals surface area contributed by atoms with Crippen LogP contribution < -0.4 is 5.32 Å². The highest BCUT2D eigenvalue weighted by molar-refractivity contribution is 9.09. The number of hydrogen-bond acceptors (Lipinski definition) is 2. The molecule has 1 N–H and O–H groups in total. The zero-order valence-corrected chi connectivity index (χ0v) is 12.4. The number of allylic oxidation sites excluding steroid dienone is 1. The molecule has 0 saturated carbocycles. The van der Waals surface area contributed by atoms with E-state index in [1.165, 1.54) is 0 Å². The van der Waals surface area contributed by atoms with Crippen LogP contribution in [0.5, 0.6) is 0 Å². The Labute approximate surface area is 125 Å². The van der Waals surface area contributed by atoms with E-state index in [-0.39, 0.29) is 5.91 Å². The van der Waals surface area contributed by atoms with Gasteiger partial charge in [-0.2, -0.15) is 0 Å². The third kappa shape index (κ3) is 2.27. The second-order valence-corrected chi connectivity index (χ2v) is 5.29. The summed E-state index contributed by atoms with van der Waals surface area (Å²) in [6.45, 7) is 0. The molecule has 1 aliphatic rings. The molecule has 0 bridgehead atoms. The number of carbonyl (C=O) groups excluding carboxylic acids is 1. The molecule has 0 unspecified atom stereocenters. The number of nitrogens with zero attached hydrogens (tertiary/aromatic N) is 1. The largest absolute Gasteiger partial charge is 0.306 e. The maximum atomic E-state index is 12.3. The molecule has 0 aliphatic carbocycles. The van der Waals surface area contributed by atoms with Crippen LogP contribution in [0, 0.1) is 0 Å². The molecule has 0 spiro atoms. The molecule has 0 fully saturated rings. The number of amides is 1. The van der Waals surface area contributed by atoms with Gasteiger partial charge in [0.2, 0.25) is 0 Å². The summed E-state index contributed by atoms with van der Waals surface area (Å²) in [5.41, 5.74) is 3.66. The van der Waals surface area contributed by atoms with Gasteiger partial charge in [-0.25, -0.2) is 4.98 Å². The molecule has 1 aliphatic heterocycles. The molecule has 1 amide bonds. The van der Waals surface area contributed by atoms with Crippen molar-refractivity contribution >= 4 is 33.2 Å². The fourth-order valence-electron chi connectivity index (χ4n) is 2.38. The number of rotatable bonds is 2. The number of benzene rings is 1. The first-order valence-corrected chi connectivity index (χ1v) is 7.55. The number of nitrogens with one attached hydrogen (secondary N) is 1. The third-order valence-corrected chi connectivity index (χ3v) is 3.71. The summed E-state index contributed by atoms with van der Waals surface area (Å²) in [6, 6.07) is 11.5. The molecule has 4 heteroatoms. The highest BCUT2D eigenvalue weighted by Crippen LogP contribution is 2.34. The third-order valence-electron chi connectivity index (χ3n) is 3.25. The fraction of sp³-hybridized carbons (Fsp3) is 0.125. The molecule has 0 saturated heterocycles. The Balaban J connectivity index is 2.26. The smallest absolute Gasteiger partial charge is 0.257 e. The van der Waals surface area contributed by atoms with Gasteiger partial charge in [0.25, 0.3) is 5.91 Å². The average molecular weight is 329 g/mol. The summed E-state index contributed by atoms with van der Waals surface area (Å²) in [5, 5.41) is 3.77. The predicted octanol–water partition coefficient (Wildman–Crippen LogP) is 3.86. The Morgan fingerprint density at radius 2 is 1.85 bits per heavy atom. The number of hydrogen-bond donors (Lipinski definition) is 1. The number of aromatic nitrogens is 1. The zero-order chi connectivity index (χ0) is 13.9. The topological polar surface area (TPSA) is 42.0 Å². The lowest BCUT2D eigenvalue weighted by Gasteiger charge is -2.09. The molecule has 100 valence electrons. The molecule has 3 nitrogen and oxygen atoms in total. The SMILES string of the molecule is O=C1Nc2ncccc2/C(=C/CCBr)c2ccccc21. The first-order chi connectivity index (χ1) is 9.81. The highest BCUT2D eigenvalue weighted by Gasteiger charge is 2.22. The molecule has 3 rings (SSSR count). The summed E-state index contributed by atoms with van der Waals surface area (Å²) < 4.78 is 0. The van der Waals surface area contributed by atoms with Gasteiger partial charge >= 0.3 is 0 Å². The van der Waals surface area contributed by atoms with Crippen LogP contribution in [-0.2, 0) is 0 Å². The van der Waals surface area contributed by atoms with Gasteiger partial charge in [0.05, 0.1) is 0 Å². The van der Waals surface area contributed by atoms with E-state index in [1.807, 2.05) is 36.4 Å². The number of alkyl halides is 1. The van der Waals surface area contributed by atoms with Crippen LogP contribution in [0.1, 0.15) is 27.9 Å². The van der Waals surface area contributed by atoms with E-state index in [4.69, 9.17) is 0 Å². The van der Waals surface area contributed by atoms with Gasteiger partial charge in [-0.1, -0.05) is 40.2 Å². The summed E-state index contributed by atoms with van der Waals surface area (Å²) in [5.74, 6) is 0.511. The molecular weight excluding hydrogens is 316 g/mol. The number of pyridine rings is 1. The van der Waals surface area contributed by atoms with E-state index in [0.717, 1.165) is 28.5 Å². The lowest BCUT2D eigenvalue weighted by molar-refractivity contribution is 0.102. The Morgan fingerprint density at radius 1 is 1.10 bits per heavy atom. The lowest BCUT2D eigenvalue weighted by atomic mass is 9.94. The minimum Gasteiger partial charge on any atom is -0.306 e. The summed E-state index contributed by atoms with van der Waals surface area (Å²) in [6.07, 6.45) is 4.73. The maximum Gasteiger partial charge on any atom is 0.257 e. The van der Waals surface area contributed by atoms with Gasteiger partial charge in [0.15, 0.2) is 0 Å². The maximum absolute atomic E-state index is 12.3. The molecular formula is C16H13BrN2O. The van der Waals surface area contributed by atoms with E-state index in [0.29, 0.717) is 11.4 Å². The average Bonchev–Trinajstić information content (AvgIpc) is 2.60. The van der Waals surface area contributed by atoms with Crippen molar-refractivity contribution in [2.75, 3.05) is 10.6 Å². The van der Waals surface area contributed by atoms with Gasteiger partial charge < -0.3 is 5.32 Å². The monoisotopic (exact) mass is 328 g/mol. The lowest BCUT2D eigenvalue weighted by Crippen LogP contribution is -2.12. The standard InChI is InChI=1S/C16H13BrN2O/c17-9-3-7-11-12-5-1-2-6-14(12)16(20)19-15-13(11)8-4-10-18-15/h1-2,4-8,10H,3,9H2,(H,18,19,20)/b11-7+. The molecule has 0 atom stereocenters. The van der Waals surface area contributed by atoms with E-state index in [1.54, 1.807) is 6.20 Å². The normalized spacial score (nSPS) is 15.2. The number of halogens is 1. The van der Waals surface area contributed by atoms with Gasteiger partial charge in [-0.3, -0.25) is 4.79 Å². The van der Waals surface area contributed by atoms with E-state index in [2.05, 4.69) is 32.3 Å². The Morgan fingerprint density at radius 3 is 2.65 bits per heavy atom. The number of carbonyl (C=O) groups is 1. The first-order valence-electron chi connectivity index (χ1n) is 6.43. The van der Waals surface area contributed by atoms with E-state index < -0.39 is 0 Å². The first kappa shape index (κ1) is 13.1. The van der Waals surface area contributed by atoms with Crippen LogP contribution in [0.2, 0.25) is 0 Å². The van der Waals surface area contributed by atoms with Gasteiger partial charge in [-0.15, -0.1) is 0 Å². The van der Waals surface area contributed by atoms with Crippen molar-refractivity contribution in [1.29, 1.82) is 0 Å². The van der Waals surface area contributed by atoms with Crippen LogP contribution in [0.15, 0.2) is 48.7 Å². The number of fused-ring (bicyclic) bond motifs is 2. The highest BCUT2D eigenvalue weighted by atomic mass is 79.9. The fourth-order valence-corrected chi connectivity index (χ4v) is 2.61. The van der Waals surface area contributed by atoms with Crippen molar-refractivity contribution in [1.82, 2.24) is 4.98 Å². The minimum absolute atomic E-state index is 0.109. The van der Waals surface area contributed by atoms with Crippen molar-refractivity contribution in [2.45, 2.75) is 6.42 Å². The van der Waals surface area contributed by atoms with Crippen LogP contribution in [-0.4, -0.2) is 16.2 Å². The molecule has 0 radical (unpaired) electrons. The summed E-state index contributed by atoms with van der Waals surface area (Å²) >= 11 is 3.44. The summed E-state index contributed by atoms with van der Waals surface area (Å²) in [4.78, 5) is 16.6. The van der Waals surface area contributed by atoms with Gasteiger partial charge in [0, 0.05) is 22.7 Å². The Bertz CT molecular complexity index is 694. The van der Waals surface area contributed by atoms with Crippen LogP contribution in [0.25, 0.3) is 5.57 Å². The van der Waals surface area contributed by atoms with Crippen molar-refractivity contribution in [3.63, 3.8) is 0 Å². The zero-order valence-electron chi connectivity index (χ0n) is 10.8. The van der Waals surface area contributed by atoms with E-state index >= 15 is 0 Å². The molecule has 1 aromatic heterocycles. The van der Waals surface area contributed by atoms with Gasteiger partial charge in [0.1, 0.15) is 5.82 Å². The second kappa shape index (κ2) is 5.59. The summed E-state index contributed by atoms with van der Waals surface area (Å²) in [7, 11) is 0. The minimum atomic E-state index is -0.109. The molecule has 2 heterocycles. The van der Waals surface area contributed by atoms with Crippen molar-refractivity contribution in [2.24, 2.45) is 0 Å². The Hall–Kier alpha value is -1.94.